The van der Waals surface area contributed by atoms with Crippen molar-refractivity contribution in [3.63, 3.8) is 0 Å². The van der Waals surface area contributed by atoms with Crippen LogP contribution in [0.4, 0.5) is 0 Å². The summed E-state index contributed by atoms with van der Waals surface area (Å²) < 4.78 is 7.58. The number of morpholine rings is 1. The topological polar surface area (TPSA) is 50.5 Å². The zero-order valence-corrected chi connectivity index (χ0v) is 13.8. The summed E-state index contributed by atoms with van der Waals surface area (Å²) in [6.07, 6.45) is 1.17. The first-order chi connectivity index (χ1) is 10.0. The molecule has 0 bridgehead atoms. The maximum atomic E-state index is 9.12. The van der Waals surface area contributed by atoms with E-state index in [0.717, 1.165) is 32.0 Å². The largest absolute Gasteiger partial charge is 0.394 e. The number of hydrogen-bond acceptors (Lipinski definition) is 4. The molecule has 0 aliphatic carbocycles. The van der Waals surface area contributed by atoms with Crippen LogP contribution in [-0.4, -0.2) is 52.2 Å². The van der Waals surface area contributed by atoms with Crippen molar-refractivity contribution in [1.29, 1.82) is 0 Å². The van der Waals surface area contributed by atoms with Crippen molar-refractivity contribution in [2.75, 3.05) is 26.4 Å². The highest BCUT2D eigenvalue weighted by Crippen LogP contribution is 2.21. The Morgan fingerprint density at radius 1 is 1.38 bits per heavy atom. The second kappa shape index (κ2) is 7.38. The number of hydrogen-bond donors (Lipinski definition) is 1. The molecule has 1 unspecified atom stereocenters. The minimum absolute atomic E-state index is 0.134. The van der Waals surface area contributed by atoms with Crippen LogP contribution >= 0.6 is 0 Å². The van der Waals surface area contributed by atoms with E-state index in [-0.39, 0.29) is 6.61 Å². The fraction of sp³-hybridized carbons (Fsp3) is 0.812. The van der Waals surface area contributed by atoms with E-state index in [2.05, 4.69) is 37.7 Å². The molecule has 0 amide bonds. The molecule has 0 radical (unpaired) electrons. The first kappa shape index (κ1) is 16.5. The van der Waals surface area contributed by atoms with Crippen LogP contribution in [-0.2, 0) is 17.8 Å². The van der Waals surface area contributed by atoms with Gasteiger partial charge in [0, 0.05) is 30.4 Å². The van der Waals surface area contributed by atoms with Gasteiger partial charge in [0.2, 0.25) is 0 Å². The SMILES string of the molecule is Cc1nn(CCO)c(C)c1CN1CCOCC1CC(C)C. The zero-order valence-electron chi connectivity index (χ0n) is 13.8. The fourth-order valence-electron chi connectivity index (χ4n) is 3.14. The lowest BCUT2D eigenvalue weighted by atomic mass is 10.0. The second-order valence-electron chi connectivity index (χ2n) is 6.42. The lowest BCUT2D eigenvalue weighted by Crippen LogP contribution is -2.45. The Bertz CT molecular complexity index is 457. The number of nitrogens with zero attached hydrogens (tertiary/aromatic N) is 3. The number of aliphatic hydroxyl groups excluding tert-OH is 1. The second-order valence-corrected chi connectivity index (χ2v) is 6.42. The Labute approximate surface area is 127 Å². The van der Waals surface area contributed by atoms with E-state index in [4.69, 9.17) is 9.84 Å². The minimum Gasteiger partial charge on any atom is -0.394 e. The van der Waals surface area contributed by atoms with Crippen molar-refractivity contribution in [3.8, 4) is 0 Å². The van der Waals surface area contributed by atoms with Crippen molar-refractivity contribution >= 4 is 0 Å². The Morgan fingerprint density at radius 2 is 2.14 bits per heavy atom. The van der Waals surface area contributed by atoms with Crippen molar-refractivity contribution in [3.05, 3.63) is 17.0 Å². The molecule has 2 rings (SSSR count). The van der Waals surface area contributed by atoms with Gasteiger partial charge in [0.25, 0.3) is 0 Å². The molecule has 5 nitrogen and oxygen atoms in total. The van der Waals surface area contributed by atoms with E-state index >= 15 is 0 Å². The number of aliphatic hydroxyl groups is 1. The molecule has 0 saturated carbocycles. The van der Waals surface area contributed by atoms with Gasteiger partial charge in [0.1, 0.15) is 0 Å². The van der Waals surface area contributed by atoms with Gasteiger partial charge in [-0.25, -0.2) is 0 Å². The molecule has 1 saturated heterocycles. The third kappa shape index (κ3) is 4.05. The van der Waals surface area contributed by atoms with Crippen LogP contribution < -0.4 is 0 Å². The van der Waals surface area contributed by atoms with Crippen molar-refractivity contribution in [1.82, 2.24) is 14.7 Å². The van der Waals surface area contributed by atoms with Crippen LogP contribution in [0, 0.1) is 19.8 Å². The van der Waals surface area contributed by atoms with Crippen molar-refractivity contribution < 1.29 is 9.84 Å². The standard InChI is InChI=1S/C16H29N3O2/c1-12(2)9-15-11-21-8-6-18(15)10-16-13(3)17-19(5-7-20)14(16)4/h12,15,20H,5-11H2,1-4H3. The van der Waals surface area contributed by atoms with Crippen LogP contribution in [0.1, 0.15) is 37.2 Å². The van der Waals surface area contributed by atoms with E-state index in [1.807, 2.05) is 4.68 Å². The van der Waals surface area contributed by atoms with E-state index < -0.39 is 0 Å². The molecule has 21 heavy (non-hydrogen) atoms. The summed E-state index contributed by atoms with van der Waals surface area (Å²) in [4.78, 5) is 2.53. The molecule has 120 valence electrons. The molecule has 1 aromatic rings. The summed E-state index contributed by atoms with van der Waals surface area (Å²) in [6, 6.07) is 0.499. The maximum absolute atomic E-state index is 9.12. The number of aromatic nitrogens is 2. The monoisotopic (exact) mass is 295 g/mol. The molecular formula is C16H29N3O2. The van der Waals surface area contributed by atoms with Gasteiger partial charge in [0.15, 0.2) is 0 Å². The molecule has 1 N–H and O–H groups in total. The Balaban J connectivity index is 2.11. The molecule has 1 fully saturated rings. The number of rotatable bonds is 6. The summed E-state index contributed by atoms with van der Waals surface area (Å²) in [6.45, 7) is 13.0. The van der Waals surface area contributed by atoms with E-state index in [9.17, 15) is 0 Å². The summed E-state index contributed by atoms with van der Waals surface area (Å²) in [5.41, 5.74) is 3.56. The molecule has 2 heterocycles. The fourth-order valence-corrected chi connectivity index (χ4v) is 3.14. The third-order valence-corrected chi connectivity index (χ3v) is 4.30. The molecule has 0 spiro atoms. The van der Waals surface area contributed by atoms with Crippen molar-refractivity contribution in [2.24, 2.45) is 5.92 Å². The van der Waals surface area contributed by atoms with Gasteiger partial charge in [-0.15, -0.1) is 0 Å². The van der Waals surface area contributed by atoms with Gasteiger partial charge in [-0.1, -0.05) is 13.8 Å². The van der Waals surface area contributed by atoms with E-state index in [0.29, 0.717) is 18.5 Å². The predicted molar refractivity (Wildman–Crippen MR) is 83.3 cm³/mol. The Morgan fingerprint density at radius 3 is 2.81 bits per heavy atom. The summed E-state index contributed by atoms with van der Waals surface area (Å²) in [7, 11) is 0. The highest BCUT2D eigenvalue weighted by molar-refractivity contribution is 5.24. The lowest BCUT2D eigenvalue weighted by molar-refractivity contribution is -0.0188. The van der Waals surface area contributed by atoms with Gasteiger partial charge < -0.3 is 9.84 Å². The zero-order chi connectivity index (χ0) is 15.4. The van der Waals surface area contributed by atoms with Crippen molar-refractivity contribution in [2.45, 2.75) is 53.2 Å². The summed E-state index contributed by atoms with van der Waals surface area (Å²) >= 11 is 0. The lowest BCUT2D eigenvalue weighted by Gasteiger charge is -2.36. The van der Waals surface area contributed by atoms with Crippen LogP contribution in [0.5, 0.6) is 0 Å². The average molecular weight is 295 g/mol. The molecule has 1 aliphatic heterocycles. The molecule has 1 atom stereocenters. The number of ether oxygens (including phenoxy) is 1. The van der Waals surface area contributed by atoms with Gasteiger partial charge in [-0.3, -0.25) is 9.58 Å². The van der Waals surface area contributed by atoms with E-state index in [1.165, 1.54) is 17.7 Å². The summed E-state index contributed by atoms with van der Waals surface area (Å²) in [5, 5.41) is 13.7. The number of aryl methyl sites for hydroxylation is 1. The Kier molecular flexibility index (Phi) is 5.79. The van der Waals surface area contributed by atoms with Gasteiger partial charge in [0.05, 0.1) is 32.1 Å². The first-order valence-electron chi connectivity index (χ1n) is 7.98. The normalized spacial score (nSPS) is 20.4. The molecule has 0 aromatic carbocycles. The molecular weight excluding hydrogens is 266 g/mol. The van der Waals surface area contributed by atoms with E-state index in [1.54, 1.807) is 0 Å². The Hall–Kier alpha value is -0.910. The molecule has 1 aromatic heterocycles. The van der Waals surface area contributed by atoms with Gasteiger partial charge in [-0.2, -0.15) is 5.10 Å². The summed E-state index contributed by atoms with van der Waals surface area (Å²) in [5.74, 6) is 0.679. The minimum atomic E-state index is 0.134. The highest BCUT2D eigenvalue weighted by atomic mass is 16.5. The average Bonchev–Trinajstić information content (AvgIpc) is 2.68. The first-order valence-corrected chi connectivity index (χ1v) is 7.98. The van der Waals surface area contributed by atoms with Gasteiger partial charge >= 0.3 is 0 Å². The quantitative estimate of drug-likeness (QED) is 0.868. The van der Waals surface area contributed by atoms with Crippen LogP contribution in [0.25, 0.3) is 0 Å². The van der Waals surface area contributed by atoms with Gasteiger partial charge in [-0.05, 0) is 26.2 Å². The van der Waals surface area contributed by atoms with Crippen LogP contribution in [0.3, 0.4) is 0 Å². The molecule has 1 aliphatic rings. The maximum Gasteiger partial charge on any atom is 0.0644 e. The van der Waals surface area contributed by atoms with Crippen LogP contribution in [0.15, 0.2) is 0 Å². The smallest absolute Gasteiger partial charge is 0.0644 e. The van der Waals surface area contributed by atoms with Crippen LogP contribution in [0.2, 0.25) is 0 Å². The molecule has 5 heteroatoms. The highest BCUT2D eigenvalue weighted by Gasteiger charge is 2.25. The third-order valence-electron chi connectivity index (χ3n) is 4.30. The predicted octanol–water partition coefficient (Wildman–Crippen LogP) is 1.74.